The number of nitrogens with zero attached hydrogens (tertiary/aromatic N) is 1. The highest BCUT2D eigenvalue weighted by atomic mass is 16.5. The van der Waals surface area contributed by atoms with Gasteiger partial charge in [-0.2, -0.15) is 0 Å². The SMILES string of the molecule is COc1ccc(CNc2cc(C(=O)NCc3ccco3)ccn2)cc1OC. The molecule has 7 heteroatoms. The lowest BCUT2D eigenvalue weighted by Crippen LogP contribution is -2.22. The largest absolute Gasteiger partial charge is 0.493 e. The minimum atomic E-state index is -0.192. The fourth-order valence-electron chi connectivity index (χ4n) is 2.53. The summed E-state index contributed by atoms with van der Waals surface area (Å²) in [4.78, 5) is 16.5. The van der Waals surface area contributed by atoms with Crippen LogP contribution in [0.4, 0.5) is 5.82 Å². The van der Waals surface area contributed by atoms with Crippen LogP contribution in [0.3, 0.4) is 0 Å². The van der Waals surface area contributed by atoms with Gasteiger partial charge in [-0.15, -0.1) is 0 Å². The molecular weight excluding hydrogens is 346 g/mol. The zero-order valence-corrected chi connectivity index (χ0v) is 15.2. The molecule has 1 amide bonds. The van der Waals surface area contributed by atoms with Crippen molar-refractivity contribution in [2.45, 2.75) is 13.1 Å². The Balaban J connectivity index is 1.61. The third kappa shape index (κ3) is 4.78. The normalized spacial score (nSPS) is 10.3. The molecule has 0 bridgehead atoms. The van der Waals surface area contributed by atoms with Crippen LogP contribution in [0, 0.1) is 0 Å². The summed E-state index contributed by atoms with van der Waals surface area (Å²) in [7, 11) is 3.20. The number of methoxy groups -OCH3 is 2. The van der Waals surface area contributed by atoms with E-state index in [0.29, 0.717) is 41.7 Å². The number of anilines is 1. The van der Waals surface area contributed by atoms with Crippen molar-refractivity contribution >= 4 is 11.7 Å². The smallest absolute Gasteiger partial charge is 0.251 e. The van der Waals surface area contributed by atoms with Crippen molar-refractivity contribution in [3.63, 3.8) is 0 Å². The molecule has 0 aliphatic carbocycles. The second kappa shape index (κ2) is 8.75. The van der Waals surface area contributed by atoms with Gasteiger partial charge in [0.2, 0.25) is 0 Å². The number of ether oxygens (including phenoxy) is 2. The van der Waals surface area contributed by atoms with Crippen molar-refractivity contribution in [3.05, 3.63) is 71.8 Å². The second-order valence-corrected chi connectivity index (χ2v) is 5.73. The molecule has 0 radical (unpaired) electrons. The van der Waals surface area contributed by atoms with Crippen LogP contribution in [0.2, 0.25) is 0 Å². The maximum Gasteiger partial charge on any atom is 0.251 e. The van der Waals surface area contributed by atoms with Gasteiger partial charge in [0.25, 0.3) is 5.91 Å². The highest BCUT2D eigenvalue weighted by Gasteiger charge is 2.08. The first kappa shape index (κ1) is 18.3. The van der Waals surface area contributed by atoms with Crippen LogP contribution in [0.15, 0.2) is 59.3 Å². The van der Waals surface area contributed by atoms with Crippen molar-refractivity contribution in [3.8, 4) is 11.5 Å². The summed E-state index contributed by atoms with van der Waals surface area (Å²) in [5.74, 6) is 2.45. The third-order valence-electron chi connectivity index (χ3n) is 3.95. The van der Waals surface area contributed by atoms with Gasteiger partial charge < -0.3 is 24.5 Å². The highest BCUT2D eigenvalue weighted by Crippen LogP contribution is 2.27. The minimum Gasteiger partial charge on any atom is -0.493 e. The Morgan fingerprint density at radius 2 is 1.93 bits per heavy atom. The van der Waals surface area contributed by atoms with Crippen LogP contribution in [0.5, 0.6) is 11.5 Å². The number of pyridine rings is 1. The predicted molar refractivity (Wildman–Crippen MR) is 101 cm³/mol. The molecule has 2 heterocycles. The molecule has 1 aromatic carbocycles. The Hall–Kier alpha value is -3.48. The summed E-state index contributed by atoms with van der Waals surface area (Å²) in [6.45, 7) is 0.868. The second-order valence-electron chi connectivity index (χ2n) is 5.73. The minimum absolute atomic E-state index is 0.192. The van der Waals surface area contributed by atoms with Gasteiger partial charge in [0, 0.05) is 18.3 Å². The molecule has 0 fully saturated rings. The van der Waals surface area contributed by atoms with Crippen LogP contribution in [-0.2, 0) is 13.1 Å². The average Bonchev–Trinajstić information content (AvgIpc) is 3.24. The van der Waals surface area contributed by atoms with E-state index in [1.807, 2.05) is 24.3 Å². The van der Waals surface area contributed by atoms with Gasteiger partial charge in [-0.3, -0.25) is 4.79 Å². The average molecular weight is 367 g/mol. The van der Waals surface area contributed by atoms with E-state index in [2.05, 4.69) is 15.6 Å². The maximum absolute atomic E-state index is 12.3. The zero-order valence-electron chi connectivity index (χ0n) is 15.2. The molecule has 0 aliphatic heterocycles. The quantitative estimate of drug-likeness (QED) is 0.636. The van der Waals surface area contributed by atoms with Gasteiger partial charge in [0.05, 0.1) is 27.0 Å². The van der Waals surface area contributed by atoms with Crippen LogP contribution in [0.1, 0.15) is 21.7 Å². The van der Waals surface area contributed by atoms with E-state index >= 15 is 0 Å². The number of nitrogens with one attached hydrogen (secondary N) is 2. The van der Waals surface area contributed by atoms with Crippen molar-refractivity contribution in [2.75, 3.05) is 19.5 Å². The Labute approximate surface area is 157 Å². The summed E-state index contributed by atoms with van der Waals surface area (Å²) in [6, 6.07) is 12.6. The number of rotatable bonds is 8. The Kier molecular flexibility index (Phi) is 5.94. The van der Waals surface area contributed by atoms with Gasteiger partial charge in [-0.25, -0.2) is 4.98 Å². The van der Waals surface area contributed by atoms with E-state index in [0.717, 1.165) is 5.56 Å². The zero-order chi connectivity index (χ0) is 19.1. The third-order valence-corrected chi connectivity index (χ3v) is 3.95. The van der Waals surface area contributed by atoms with E-state index in [9.17, 15) is 4.79 Å². The number of aromatic nitrogens is 1. The summed E-state index contributed by atoms with van der Waals surface area (Å²) in [6.07, 6.45) is 3.17. The van der Waals surface area contributed by atoms with E-state index in [1.54, 1.807) is 44.9 Å². The molecule has 0 unspecified atom stereocenters. The summed E-state index contributed by atoms with van der Waals surface area (Å²) in [5.41, 5.74) is 1.52. The lowest BCUT2D eigenvalue weighted by molar-refractivity contribution is 0.0948. The van der Waals surface area contributed by atoms with E-state index in [-0.39, 0.29) is 5.91 Å². The van der Waals surface area contributed by atoms with E-state index < -0.39 is 0 Å². The monoisotopic (exact) mass is 367 g/mol. The fraction of sp³-hybridized carbons (Fsp3) is 0.200. The number of hydrogen-bond acceptors (Lipinski definition) is 6. The van der Waals surface area contributed by atoms with Crippen LogP contribution in [-0.4, -0.2) is 25.1 Å². The number of furan rings is 1. The number of amides is 1. The van der Waals surface area contributed by atoms with Gasteiger partial charge in [-0.05, 0) is 42.0 Å². The molecule has 2 aromatic heterocycles. The Morgan fingerprint density at radius 3 is 2.67 bits per heavy atom. The molecule has 0 spiro atoms. The molecule has 0 aliphatic rings. The van der Waals surface area contributed by atoms with E-state index in [1.165, 1.54) is 0 Å². The van der Waals surface area contributed by atoms with Crippen LogP contribution >= 0.6 is 0 Å². The predicted octanol–water partition coefficient (Wildman–Crippen LogP) is 3.23. The lowest BCUT2D eigenvalue weighted by atomic mass is 10.2. The van der Waals surface area contributed by atoms with Crippen molar-refractivity contribution in [1.82, 2.24) is 10.3 Å². The number of carbonyl (C=O) groups excluding carboxylic acids is 1. The summed E-state index contributed by atoms with van der Waals surface area (Å²) in [5, 5.41) is 6.02. The molecule has 0 saturated carbocycles. The Morgan fingerprint density at radius 1 is 1.07 bits per heavy atom. The molecule has 27 heavy (non-hydrogen) atoms. The molecular formula is C20H21N3O4. The Bertz CT molecular complexity index is 894. The van der Waals surface area contributed by atoms with Crippen LogP contribution < -0.4 is 20.1 Å². The summed E-state index contributed by atoms with van der Waals surface area (Å²) < 4.78 is 15.8. The first-order valence-corrected chi connectivity index (χ1v) is 8.41. The molecule has 2 N–H and O–H groups in total. The first-order valence-electron chi connectivity index (χ1n) is 8.41. The number of benzene rings is 1. The van der Waals surface area contributed by atoms with Gasteiger partial charge in [-0.1, -0.05) is 6.07 Å². The van der Waals surface area contributed by atoms with Gasteiger partial charge in [0.15, 0.2) is 11.5 Å². The fourth-order valence-corrected chi connectivity index (χ4v) is 2.53. The number of hydrogen-bond donors (Lipinski definition) is 2. The number of carbonyl (C=O) groups is 1. The molecule has 7 nitrogen and oxygen atoms in total. The van der Waals surface area contributed by atoms with Crippen LogP contribution in [0.25, 0.3) is 0 Å². The standard InChI is InChI=1S/C20H21N3O4/c1-25-17-6-5-14(10-18(17)26-2)12-22-19-11-15(7-8-21-19)20(24)23-13-16-4-3-9-27-16/h3-11H,12-13H2,1-2H3,(H,21,22)(H,23,24). The molecule has 3 aromatic rings. The van der Waals surface area contributed by atoms with Gasteiger partial charge in [0.1, 0.15) is 11.6 Å². The lowest BCUT2D eigenvalue weighted by Gasteiger charge is -2.11. The highest BCUT2D eigenvalue weighted by molar-refractivity contribution is 5.94. The van der Waals surface area contributed by atoms with Crippen molar-refractivity contribution in [2.24, 2.45) is 0 Å². The molecule has 0 saturated heterocycles. The maximum atomic E-state index is 12.3. The van der Waals surface area contributed by atoms with Crippen molar-refractivity contribution < 1.29 is 18.7 Å². The molecule has 3 rings (SSSR count). The molecule has 0 atom stereocenters. The van der Waals surface area contributed by atoms with Crippen molar-refractivity contribution in [1.29, 1.82) is 0 Å². The first-order chi connectivity index (χ1) is 13.2. The topological polar surface area (TPSA) is 85.6 Å². The van der Waals surface area contributed by atoms with Gasteiger partial charge >= 0.3 is 0 Å². The summed E-state index contributed by atoms with van der Waals surface area (Å²) >= 11 is 0. The van der Waals surface area contributed by atoms with E-state index in [4.69, 9.17) is 13.9 Å². The molecule has 140 valence electrons.